The van der Waals surface area contributed by atoms with Gasteiger partial charge in [-0.05, 0) is 35.4 Å². The first-order valence-corrected chi connectivity index (χ1v) is 7.28. The Morgan fingerprint density at radius 3 is 2.06 bits per heavy atom. The number of hydrogen-bond acceptors (Lipinski definition) is 2. The van der Waals surface area contributed by atoms with E-state index in [0.717, 1.165) is 9.79 Å². The SMILES string of the molecule is [O-][S+](CSc1ccccc1)c1ccccc1. The Balaban J connectivity index is 1.92. The van der Waals surface area contributed by atoms with E-state index in [4.69, 9.17) is 0 Å². The van der Waals surface area contributed by atoms with Crippen molar-refractivity contribution in [2.45, 2.75) is 9.79 Å². The standard InChI is InChI=1S/C13H12OS2/c14-16(13-9-5-2-6-10-13)11-15-12-7-3-1-4-8-12/h1-10H,11H2. The van der Waals surface area contributed by atoms with Crippen LogP contribution in [0.25, 0.3) is 0 Å². The van der Waals surface area contributed by atoms with E-state index in [9.17, 15) is 4.55 Å². The van der Waals surface area contributed by atoms with Crippen LogP contribution in [-0.4, -0.2) is 9.64 Å². The van der Waals surface area contributed by atoms with E-state index < -0.39 is 11.2 Å². The molecule has 0 N–H and O–H groups in total. The lowest BCUT2D eigenvalue weighted by Gasteiger charge is -2.09. The summed E-state index contributed by atoms with van der Waals surface area (Å²) >= 11 is 0.702. The average Bonchev–Trinajstić information content (AvgIpc) is 2.38. The molecule has 1 nitrogen and oxygen atoms in total. The third-order valence-electron chi connectivity index (χ3n) is 2.08. The highest BCUT2D eigenvalue weighted by Gasteiger charge is 2.09. The molecule has 0 aliphatic heterocycles. The number of rotatable bonds is 4. The fraction of sp³-hybridized carbons (Fsp3) is 0.0769. The molecule has 0 bridgehead atoms. The molecule has 0 amide bonds. The molecule has 2 aromatic carbocycles. The van der Waals surface area contributed by atoms with Gasteiger partial charge in [0.15, 0.2) is 9.98 Å². The molecule has 0 saturated heterocycles. The molecule has 3 heteroatoms. The van der Waals surface area contributed by atoms with E-state index in [1.165, 1.54) is 0 Å². The minimum atomic E-state index is -0.921. The van der Waals surface area contributed by atoms with E-state index in [2.05, 4.69) is 0 Å². The van der Waals surface area contributed by atoms with Crippen LogP contribution < -0.4 is 0 Å². The Morgan fingerprint density at radius 1 is 0.875 bits per heavy atom. The number of benzene rings is 2. The fourth-order valence-electron chi connectivity index (χ4n) is 1.28. The molecule has 16 heavy (non-hydrogen) atoms. The molecule has 82 valence electrons. The average molecular weight is 248 g/mol. The van der Waals surface area contributed by atoms with E-state index in [1.54, 1.807) is 11.8 Å². The second-order valence-electron chi connectivity index (χ2n) is 3.23. The maximum absolute atomic E-state index is 11.9. The van der Waals surface area contributed by atoms with Crippen LogP contribution in [0.4, 0.5) is 0 Å². The molecule has 0 radical (unpaired) electrons. The zero-order valence-corrected chi connectivity index (χ0v) is 10.3. The summed E-state index contributed by atoms with van der Waals surface area (Å²) in [5.74, 6) is 0. The highest BCUT2D eigenvalue weighted by molar-refractivity contribution is 8.12. The Hall–Kier alpha value is -0.900. The van der Waals surface area contributed by atoms with Gasteiger partial charge in [0.05, 0.1) is 0 Å². The van der Waals surface area contributed by atoms with Gasteiger partial charge in [-0.15, -0.1) is 0 Å². The first kappa shape index (κ1) is 11.6. The quantitative estimate of drug-likeness (QED) is 0.610. The highest BCUT2D eigenvalue weighted by Crippen LogP contribution is 2.22. The normalized spacial score (nSPS) is 12.3. The molecular formula is C13H12OS2. The van der Waals surface area contributed by atoms with Gasteiger partial charge in [-0.1, -0.05) is 48.2 Å². The van der Waals surface area contributed by atoms with Crippen LogP contribution in [0.3, 0.4) is 0 Å². The van der Waals surface area contributed by atoms with Crippen LogP contribution in [-0.2, 0) is 11.2 Å². The third kappa shape index (κ3) is 3.30. The third-order valence-corrected chi connectivity index (χ3v) is 4.81. The lowest BCUT2D eigenvalue weighted by molar-refractivity contribution is 0.599. The lowest BCUT2D eigenvalue weighted by Crippen LogP contribution is -2.03. The Kier molecular flexibility index (Phi) is 4.34. The van der Waals surface area contributed by atoms with Crippen LogP contribution in [0.2, 0.25) is 0 Å². The summed E-state index contributed by atoms with van der Waals surface area (Å²) < 4.78 is 11.9. The zero-order chi connectivity index (χ0) is 11.2. The monoisotopic (exact) mass is 248 g/mol. The van der Waals surface area contributed by atoms with Gasteiger partial charge in [0.25, 0.3) is 0 Å². The molecule has 0 heterocycles. The minimum absolute atomic E-state index is 0.605. The van der Waals surface area contributed by atoms with Crippen molar-refractivity contribution >= 4 is 22.9 Å². The summed E-state index contributed by atoms with van der Waals surface area (Å²) in [6, 6.07) is 19.6. The van der Waals surface area contributed by atoms with Crippen LogP contribution in [0.5, 0.6) is 0 Å². The summed E-state index contributed by atoms with van der Waals surface area (Å²) in [6.45, 7) is 0. The molecule has 1 unspecified atom stereocenters. The maximum atomic E-state index is 11.9. The summed E-state index contributed by atoms with van der Waals surface area (Å²) in [7, 11) is 0. The van der Waals surface area contributed by atoms with Crippen LogP contribution >= 0.6 is 11.8 Å². The molecule has 0 aromatic heterocycles. The van der Waals surface area contributed by atoms with Gasteiger partial charge in [-0.25, -0.2) is 0 Å². The van der Waals surface area contributed by atoms with E-state index >= 15 is 0 Å². The summed E-state index contributed by atoms with van der Waals surface area (Å²) in [5, 5.41) is 0.605. The molecule has 0 spiro atoms. The Morgan fingerprint density at radius 2 is 1.44 bits per heavy atom. The van der Waals surface area contributed by atoms with Gasteiger partial charge >= 0.3 is 0 Å². The van der Waals surface area contributed by atoms with E-state index in [0.29, 0.717) is 5.08 Å². The van der Waals surface area contributed by atoms with Crippen molar-refractivity contribution in [2.75, 3.05) is 5.08 Å². The molecule has 0 aliphatic carbocycles. The van der Waals surface area contributed by atoms with Gasteiger partial charge in [0, 0.05) is 4.90 Å². The predicted octanol–water partition coefficient (Wildman–Crippen LogP) is 3.54. The summed E-state index contributed by atoms with van der Waals surface area (Å²) in [4.78, 5) is 2.05. The minimum Gasteiger partial charge on any atom is -0.611 e. The molecule has 0 aliphatic rings. The fourth-order valence-corrected chi connectivity index (χ4v) is 3.61. The van der Waals surface area contributed by atoms with Crippen molar-refractivity contribution in [3.8, 4) is 0 Å². The lowest BCUT2D eigenvalue weighted by atomic mass is 10.4. The molecule has 0 saturated carbocycles. The molecule has 2 rings (SSSR count). The smallest absolute Gasteiger partial charge is 0.160 e. The van der Waals surface area contributed by atoms with Gasteiger partial charge in [-0.2, -0.15) is 0 Å². The van der Waals surface area contributed by atoms with Crippen molar-refractivity contribution in [2.24, 2.45) is 0 Å². The van der Waals surface area contributed by atoms with Gasteiger partial charge in [0.2, 0.25) is 0 Å². The van der Waals surface area contributed by atoms with Crippen molar-refractivity contribution in [3.05, 3.63) is 60.7 Å². The van der Waals surface area contributed by atoms with Crippen molar-refractivity contribution in [1.29, 1.82) is 0 Å². The van der Waals surface area contributed by atoms with Crippen molar-refractivity contribution in [3.63, 3.8) is 0 Å². The molecule has 1 atom stereocenters. The second kappa shape index (κ2) is 5.99. The molecular weight excluding hydrogens is 236 g/mol. The summed E-state index contributed by atoms with van der Waals surface area (Å²) in [6.07, 6.45) is 0. The Bertz CT molecular complexity index is 416. The number of hydrogen-bond donors (Lipinski definition) is 0. The van der Waals surface area contributed by atoms with Crippen LogP contribution in [0.1, 0.15) is 0 Å². The first-order valence-electron chi connectivity index (χ1n) is 4.97. The largest absolute Gasteiger partial charge is 0.611 e. The van der Waals surface area contributed by atoms with Crippen LogP contribution in [0, 0.1) is 0 Å². The Labute approximate surface area is 103 Å². The van der Waals surface area contributed by atoms with Crippen molar-refractivity contribution in [1.82, 2.24) is 0 Å². The van der Waals surface area contributed by atoms with E-state index in [1.807, 2.05) is 60.7 Å². The zero-order valence-electron chi connectivity index (χ0n) is 8.71. The van der Waals surface area contributed by atoms with Gasteiger partial charge < -0.3 is 4.55 Å². The maximum Gasteiger partial charge on any atom is 0.160 e. The highest BCUT2D eigenvalue weighted by atomic mass is 32.3. The van der Waals surface area contributed by atoms with E-state index in [-0.39, 0.29) is 0 Å². The van der Waals surface area contributed by atoms with Gasteiger partial charge in [0.1, 0.15) is 0 Å². The topological polar surface area (TPSA) is 23.1 Å². The van der Waals surface area contributed by atoms with Crippen molar-refractivity contribution < 1.29 is 4.55 Å². The first-order chi connectivity index (χ1) is 7.86. The second-order valence-corrected chi connectivity index (χ2v) is 6.10. The molecule has 0 fully saturated rings. The van der Waals surface area contributed by atoms with Gasteiger partial charge in [-0.3, -0.25) is 0 Å². The molecule has 2 aromatic rings. The number of thioether (sulfide) groups is 1. The predicted molar refractivity (Wildman–Crippen MR) is 70.0 cm³/mol. The summed E-state index contributed by atoms with van der Waals surface area (Å²) in [5.41, 5.74) is 0. The van der Waals surface area contributed by atoms with Crippen LogP contribution in [0.15, 0.2) is 70.5 Å².